The minimum absolute atomic E-state index is 0.0378. The number of hydrogen-bond donors (Lipinski definition) is 1. The molecule has 0 spiro atoms. The Morgan fingerprint density at radius 3 is 2.02 bits per heavy atom. The number of thiophene rings is 2. The summed E-state index contributed by atoms with van der Waals surface area (Å²) < 4.78 is 45.3. The number of nitro groups is 2. The number of nitrogens with two attached hydrogens (primary N) is 1. The lowest BCUT2D eigenvalue weighted by molar-refractivity contribution is -0.380. The van der Waals surface area contributed by atoms with E-state index in [0.29, 0.717) is 29.1 Å². The van der Waals surface area contributed by atoms with Crippen LogP contribution in [0.25, 0.3) is 0 Å². The van der Waals surface area contributed by atoms with E-state index in [2.05, 4.69) is 21.0 Å². The van der Waals surface area contributed by atoms with Gasteiger partial charge in [0.15, 0.2) is 5.00 Å². The first-order valence-corrected chi connectivity index (χ1v) is 18.1. The number of carbonyl (C=O) groups is 2. The van der Waals surface area contributed by atoms with E-state index < -0.39 is 36.9 Å². The summed E-state index contributed by atoms with van der Waals surface area (Å²) in [6.45, 7) is 5.76. The second-order valence-electron chi connectivity index (χ2n) is 9.98. The third-order valence-corrected chi connectivity index (χ3v) is 9.39. The van der Waals surface area contributed by atoms with Gasteiger partial charge in [-0.15, -0.1) is 14.1 Å². The molecule has 0 atom stereocenters. The van der Waals surface area contributed by atoms with Crippen LogP contribution in [0.2, 0.25) is 0 Å². The molecule has 0 unspecified atom stereocenters. The van der Waals surface area contributed by atoms with E-state index in [-0.39, 0.29) is 57.3 Å². The number of esters is 2. The lowest BCUT2D eigenvalue weighted by Crippen LogP contribution is -2.19. The van der Waals surface area contributed by atoms with Crippen molar-refractivity contribution in [1.82, 2.24) is 0 Å². The summed E-state index contributed by atoms with van der Waals surface area (Å²) in [5.41, 5.74) is 7.93. The molecule has 0 amide bonds. The summed E-state index contributed by atoms with van der Waals surface area (Å²) in [7, 11) is -4.85. The van der Waals surface area contributed by atoms with Gasteiger partial charge in [-0.25, -0.2) is 9.59 Å². The molecule has 4 aromatic rings. The molecule has 274 valence electrons. The van der Waals surface area contributed by atoms with E-state index in [1.807, 2.05) is 6.92 Å². The average molecular weight is 776 g/mol. The van der Waals surface area contributed by atoms with Crippen LogP contribution < -0.4 is 10.6 Å². The number of benzene rings is 2. The van der Waals surface area contributed by atoms with Crippen LogP contribution in [-0.4, -0.2) is 50.0 Å². The maximum atomic E-state index is 13.3. The third kappa shape index (κ3) is 10.6. The Kier molecular flexibility index (Phi) is 14.4. The van der Waals surface area contributed by atoms with Crippen molar-refractivity contribution in [2.24, 2.45) is 10.2 Å². The van der Waals surface area contributed by atoms with Crippen LogP contribution in [0.1, 0.15) is 53.5 Å². The number of halogens is 1. The molecule has 0 bridgehead atoms. The average Bonchev–Trinajstić information content (AvgIpc) is 3.72. The highest BCUT2D eigenvalue weighted by Crippen LogP contribution is 2.38. The van der Waals surface area contributed by atoms with Crippen LogP contribution >= 0.6 is 22.7 Å². The standard InChI is InChI=1S/C24H22FN5O6S2.C7H8N2O4S/c1-3-16-14-17(27-28-23-20(24(31)36-4-2)15-22(37-23)30(32)33)6-11-21(16)29(13-5-12-26)18-7-9-19(10-8-18)38(25,34)35;1-2-13-7(10)4-3-5(9(11)12)14-6(4)8/h6-11,14-15H,3-5,13H2,1-2H3;3H,2,8H2,1H3. The van der Waals surface area contributed by atoms with Gasteiger partial charge in [-0.3, -0.25) is 20.2 Å². The summed E-state index contributed by atoms with van der Waals surface area (Å²) in [6.07, 6.45) is 0.721. The Morgan fingerprint density at radius 1 is 0.923 bits per heavy atom. The molecule has 17 nitrogen and oxygen atoms in total. The summed E-state index contributed by atoms with van der Waals surface area (Å²) in [6, 6.07) is 14.6. The minimum atomic E-state index is -4.85. The van der Waals surface area contributed by atoms with Gasteiger partial charge in [-0.05, 0) is 91.0 Å². The van der Waals surface area contributed by atoms with Gasteiger partial charge in [0.25, 0.3) is 0 Å². The number of carbonyl (C=O) groups excluding carboxylic acids is 2. The molecule has 0 saturated heterocycles. The molecule has 2 aromatic carbocycles. The molecule has 0 saturated carbocycles. The van der Waals surface area contributed by atoms with Crippen molar-refractivity contribution in [1.29, 1.82) is 5.26 Å². The second kappa shape index (κ2) is 18.4. The molecule has 2 aromatic heterocycles. The van der Waals surface area contributed by atoms with Crippen molar-refractivity contribution in [3.8, 4) is 6.07 Å². The molecule has 0 radical (unpaired) electrons. The lowest BCUT2D eigenvalue weighted by atomic mass is 10.1. The molecule has 4 rings (SSSR count). The predicted molar refractivity (Wildman–Crippen MR) is 190 cm³/mol. The number of nitriles is 1. The molecule has 2 N–H and O–H groups in total. The number of aryl methyl sites for hydroxylation is 1. The summed E-state index contributed by atoms with van der Waals surface area (Å²) in [5.74, 6) is -1.37. The molecular weight excluding hydrogens is 746 g/mol. The fourth-order valence-electron chi connectivity index (χ4n) is 4.36. The molecular formula is C31H30FN7O10S3. The predicted octanol–water partition coefficient (Wildman–Crippen LogP) is 7.94. The first kappa shape index (κ1) is 40.6. The highest BCUT2D eigenvalue weighted by molar-refractivity contribution is 7.86. The Balaban J connectivity index is 0.000000435. The van der Waals surface area contributed by atoms with Gasteiger partial charge in [0.2, 0.25) is 0 Å². The number of rotatable bonds is 14. The Bertz CT molecular complexity index is 2130. The van der Waals surface area contributed by atoms with E-state index >= 15 is 0 Å². The van der Waals surface area contributed by atoms with E-state index in [1.165, 1.54) is 12.1 Å². The molecule has 21 heteroatoms. The van der Waals surface area contributed by atoms with E-state index in [0.717, 1.165) is 46.9 Å². The number of hydrogen-bond acceptors (Lipinski definition) is 17. The van der Waals surface area contributed by atoms with Gasteiger partial charge < -0.3 is 20.1 Å². The zero-order valence-electron chi connectivity index (χ0n) is 27.7. The van der Waals surface area contributed by atoms with Gasteiger partial charge in [0, 0.05) is 30.1 Å². The van der Waals surface area contributed by atoms with E-state index in [4.69, 9.17) is 15.7 Å². The van der Waals surface area contributed by atoms with Crippen molar-refractivity contribution in [2.75, 3.05) is 30.4 Å². The van der Waals surface area contributed by atoms with Gasteiger partial charge >= 0.3 is 32.2 Å². The fourth-order valence-corrected chi connectivity index (χ4v) is 6.33. The van der Waals surface area contributed by atoms with Crippen LogP contribution in [-0.2, 0) is 26.1 Å². The van der Waals surface area contributed by atoms with Crippen LogP contribution in [0.5, 0.6) is 0 Å². The summed E-state index contributed by atoms with van der Waals surface area (Å²) in [4.78, 5) is 45.0. The number of nitrogen functional groups attached to an aromatic ring is 1. The number of nitrogens with zero attached hydrogens (tertiary/aromatic N) is 6. The summed E-state index contributed by atoms with van der Waals surface area (Å²) in [5, 5.41) is 38.6. The highest BCUT2D eigenvalue weighted by Gasteiger charge is 2.24. The number of azo groups is 1. The zero-order chi connectivity index (χ0) is 38.6. The number of anilines is 3. The molecule has 0 fully saturated rings. The van der Waals surface area contributed by atoms with Crippen molar-refractivity contribution in [2.45, 2.75) is 38.5 Å². The van der Waals surface area contributed by atoms with Crippen LogP contribution in [0.4, 0.5) is 41.0 Å². The van der Waals surface area contributed by atoms with Crippen LogP contribution in [0, 0.1) is 31.6 Å². The first-order valence-electron chi connectivity index (χ1n) is 15.0. The van der Waals surface area contributed by atoms with Gasteiger partial charge in [-0.1, -0.05) is 6.92 Å². The van der Waals surface area contributed by atoms with Gasteiger partial charge in [0.1, 0.15) is 16.1 Å². The Hall–Kier alpha value is -5.85. The van der Waals surface area contributed by atoms with E-state index in [1.54, 1.807) is 36.9 Å². The van der Waals surface area contributed by atoms with Gasteiger partial charge in [-0.2, -0.15) is 13.7 Å². The molecule has 0 aliphatic carbocycles. The monoisotopic (exact) mass is 775 g/mol. The molecule has 52 heavy (non-hydrogen) atoms. The highest BCUT2D eigenvalue weighted by atomic mass is 32.3. The van der Waals surface area contributed by atoms with Crippen molar-refractivity contribution in [3.05, 3.63) is 91.5 Å². The smallest absolute Gasteiger partial charge is 0.341 e. The molecule has 0 aliphatic heterocycles. The Morgan fingerprint density at radius 2 is 1.50 bits per heavy atom. The largest absolute Gasteiger partial charge is 0.462 e. The SMILES string of the molecule is CCOC(=O)c1cc([N+](=O)[O-])sc1N.CCOC(=O)c1cc([N+](=O)[O-])sc1N=Nc1ccc(N(CCC#N)c2ccc(S(=O)(=O)F)cc2)c(CC)c1. The third-order valence-electron chi connectivity index (χ3n) is 6.67. The maximum absolute atomic E-state index is 13.3. The fraction of sp³-hybridized carbons (Fsp3) is 0.258. The zero-order valence-corrected chi connectivity index (χ0v) is 30.1. The summed E-state index contributed by atoms with van der Waals surface area (Å²) >= 11 is 1.45. The maximum Gasteiger partial charge on any atom is 0.341 e. The van der Waals surface area contributed by atoms with Crippen molar-refractivity contribution in [3.63, 3.8) is 0 Å². The lowest BCUT2D eigenvalue weighted by Gasteiger charge is -2.26. The molecule has 0 aliphatic rings. The minimum Gasteiger partial charge on any atom is -0.462 e. The van der Waals surface area contributed by atoms with Crippen molar-refractivity contribution >= 4 is 81.9 Å². The topological polar surface area (TPSA) is 251 Å². The van der Waals surface area contributed by atoms with E-state index in [9.17, 15) is 42.1 Å². The quantitative estimate of drug-likeness (QED) is 0.0420. The van der Waals surface area contributed by atoms with Crippen molar-refractivity contribution < 1.29 is 41.2 Å². The van der Waals surface area contributed by atoms with Crippen LogP contribution in [0.15, 0.2) is 69.7 Å². The first-order chi connectivity index (χ1) is 24.6. The normalized spacial score (nSPS) is 10.9. The second-order valence-corrected chi connectivity index (χ2v) is 13.4. The molecule has 2 heterocycles. The van der Waals surface area contributed by atoms with Gasteiger partial charge in [0.05, 0.1) is 46.1 Å². The van der Waals surface area contributed by atoms with Crippen LogP contribution in [0.3, 0.4) is 0 Å². The Labute approximate surface area is 304 Å². The number of ether oxygens (including phenoxy) is 2.